The number of urea groups is 1. The topological polar surface area (TPSA) is 81.8 Å². The van der Waals surface area contributed by atoms with E-state index in [-0.39, 0.29) is 43.2 Å². The van der Waals surface area contributed by atoms with Crippen molar-refractivity contribution < 1.29 is 18.8 Å². The number of rotatable bonds is 3. The van der Waals surface area contributed by atoms with Crippen LogP contribution in [0.4, 0.5) is 9.18 Å². The standard InChI is InChI=1S/C16H19FN4O3/c17-12-3-1-2-11(8-12)13-9-18-5-7-21(13)15(23)10-20-6-4-14(22)19-16(20)24/h1-3,8,13,18H,4-7,9-10H2,(H,19,22,24). The van der Waals surface area contributed by atoms with Crippen molar-refractivity contribution in [3.63, 3.8) is 0 Å². The van der Waals surface area contributed by atoms with Gasteiger partial charge in [-0.15, -0.1) is 0 Å². The molecule has 4 amide bonds. The van der Waals surface area contributed by atoms with Crippen LogP contribution in [0.2, 0.25) is 0 Å². The molecule has 2 aliphatic rings. The average molecular weight is 334 g/mol. The zero-order valence-electron chi connectivity index (χ0n) is 13.1. The summed E-state index contributed by atoms with van der Waals surface area (Å²) in [5.74, 6) is -0.891. The fourth-order valence-electron chi connectivity index (χ4n) is 3.02. The Morgan fingerprint density at radius 2 is 2.12 bits per heavy atom. The maximum absolute atomic E-state index is 13.5. The molecule has 1 atom stereocenters. The van der Waals surface area contributed by atoms with E-state index >= 15 is 0 Å². The van der Waals surface area contributed by atoms with Crippen molar-refractivity contribution in [1.29, 1.82) is 0 Å². The minimum atomic E-state index is -0.544. The molecule has 2 aliphatic heterocycles. The number of hydrogen-bond donors (Lipinski definition) is 2. The Bertz CT molecular complexity index is 666. The normalized spacial score (nSPS) is 21.6. The summed E-state index contributed by atoms with van der Waals surface area (Å²) in [5, 5.41) is 5.41. The fraction of sp³-hybridized carbons (Fsp3) is 0.438. The molecule has 0 aliphatic carbocycles. The van der Waals surface area contributed by atoms with Crippen molar-refractivity contribution in [3.8, 4) is 0 Å². The Morgan fingerprint density at radius 3 is 2.88 bits per heavy atom. The number of nitrogens with one attached hydrogen (secondary N) is 2. The molecule has 2 fully saturated rings. The second-order valence-electron chi connectivity index (χ2n) is 5.89. The summed E-state index contributed by atoms with van der Waals surface area (Å²) in [7, 11) is 0. The molecular weight excluding hydrogens is 315 g/mol. The first-order valence-electron chi connectivity index (χ1n) is 7.89. The van der Waals surface area contributed by atoms with Crippen LogP contribution >= 0.6 is 0 Å². The molecular formula is C16H19FN4O3. The summed E-state index contributed by atoms with van der Waals surface area (Å²) in [5.41, 5.74) is 0.717. The van der Waals surface area contributed by atoms with Crippen molar-refractivity contribution in [2.75, 3.05) is 32.7 Å². The lowest BCUT2D eigenvalue weighted by molar-refractivity contribution is -0.136. The number of carbonyl (C=O) groups excluding carboxylic acids is 3. The van der Waals surface area contributed by atoms with Gasteiger partial charge in [-0.25, -0.2) is 9.18 Å². The minimum Gasteiger partial charge on any atom is -0.332 e. The molecule has 8 heteroatoms. The summed E-state index contributed by atoms with van der Waals surface area (Å²) in [6.07, 6.45) is 0.188. The summed E-state index contributed by atoms with van der Waals surface area (Å²) < 4.78 is 13.5. The van der Waals surface area contributed by atoms with Gasteiger partial charge in [0.2, 0.25) is 11.8 Å². The number of hydrogen-bond acceptors (Lipinski definition) is 4. The van der Waals surface area contributed by atoms with Crippen LogP contribution in [0.1, 0.15) is 18.0 Å². The Labute approximate surface area is 138 Å². The van der Waals surface area contributed by atoms with Gasteiger partial charge in [0.1, 0.15) is 12.4 Å². The highest BCUT2D eigenvalue weighted by Crippen LogP contribution is 2.23. The van der Waals surface area contributed by atoms with Crippen molar-refractivity contribution in [1.82, 2.24) is 20.4 Å². The van der Waals surface area contributed by atoms with E-state index in [4.69, 9.17) is 0 Å². The molecule has 2 saturated heterocycles. The number of piperazine rings is 1. The molecule has 0 bridgehead atoms. The Hall–Kier alpha value is -2.48. The van der Waals surface area contributed by atoms with Crippen LogP contribution < -0.4 is 10.6 Å². The van der Waals surface area contributed by atoms with Crippen LogP contribution in [-0.4, -0.2) is 60.4 Å². The van der Waals surface area contributed by atoms with Crippen LogP contribution in [0, 0.1) is 5.82 Å². The molecule has 1 unspecified atom stereocenters. The van der Waals surface area contributed by atoms with Gasteiger partial charge < -0.3 is 15.1 Å². The van der Waals surface area contributed by atoms with Crippen molar-refractivity contribution >= 4 is 17.8 Å². The van der Waals surface area contributed by atoms with Crippen molar-refractivity contribution in [3.05, 3.63) is 35.6 Å². The predicted octanol–water partition coefficient (Wildman–Crippen LogP) is 0.241. The predicted molar refractivity (Wildman–Crippen MR) is 83.5 cm³/mol. The maximum Gasteiger partial charge on any atom is 0.324 e. The second-order valence-corrected chi connectivity index (χ2v) is 5.89. The van der Waals surface area contributed by atoms with Crippen LogP contribution in [-0.2, 0) is 9.59 Å². The first-order valence-corrected chi connectivity index (χ1v) is 7.89. The molecule has 128 valence electrons. The minimum absolute atomic E-state index is 0.0923. The van der Waals surface area contributed by atoms with Gasteiger partial charge in [0.15, 0.2) is 0 Å². The van der Waals surface area contributed by atoms with Crippen molar-refractivity contribution in [2.24, 2.45) is 0 Å². The van der Waals surface area contributed by atoms with Gasteiger partial charge in [-0.3, -0.25) is 14.9 Å². The molecule has 24 heavy (non-hydrogen) atoms. The van der Waals surface area contributed by atoms with Crippen molar-refractivity contribution in [2.45, 2.75) is 12.5 Å². The zero-order valence-corrected chi connectivity index (χ0v) is 13.1. The SMILES string of the molecule is O=C1CCN(CC(=O)N2CCNCC2c2cccc(F)c2)C(=O)N1. The van der Waals surface area contributed by atoms with E-state index in [1.165, 1.54) is 17.0 Å². The van der Waals surface area contributed by atoms with Gasteiger partial charge in [0.05, 0.1) is 6.04 Å². The number of carbonyl (C=O) groups is 3. The summed E-state index contributed by atoms with van der Waals surface area (Å²) >= 11 is 0. The van der Waals surface area contributed by atoms with E-state index in [9.17, 15) is 18.8 Å². The molecule has 1 aromatic carbocycles. The Morgan fingerprint density at radius 1 is 1.29 bits per heavy atom. The number of benzene rings is 1. The first-order chi connectivity index (χ1) is 11.5. The largest absolute Gasteiger partial charge is 0.332 e. The third-order valence-electron chi connectivity index (χ3n) is 4.27. The molecule has 7 nitrogen and oxygen atoms in total. The molecule has 3 rings (SSSR count). The molecule has 2 N–H and O–H groups in total. The first kappa shape index (κ1) is 16.4. The average Bonchev–Trinajstić information content (AvgIpc) is 2.57. The van der Waals surface area contributed by atoms with Gasteiger partial charge in [-0.1, -0.05) is 12.1 Å². The van der Waals surface area contributed by atoms with E-state index < -0.39 is 6.03 Å². The van der Waals surface area contributed by atoms with E-state index in [0.717, 1.165) is 0 Å². The quantitative estimate of drug-likeness (QED) is 0.830. The highest BCUT2D eigenvalue weighted by molar-refractivity contribution is 5.98. The number of halogens is 1. The Kier molecular flexibility index (Phi) is 4.75. The molecule has 1 aromatic rings. The van der Waals surface area contributed by atoms with Crippen LogP contribution in [0.15, 0.2) is 24.3 Å². The number of nitrogens with zero attached hydrogens (tertiary/aromatic N) is 2. The molecule has 2 heterocycles. The van der Waals surface area contributed by atoms with E-state index in [1.807, 2.05) is 0 Å². The third kappa shape index (κ3) is 3.53. The van der Waals surface area contributed by atoms with E-state index in [0.29, 0.717) is 25.2 Å². The summed E-state index contributed by atoms with van der Waals surface area (Å²) in [6.45, 7) is 1.79. The van der Waals surface area contributed by atoms with Gasteiger partial charge in [-0.2, -0.15) is 0 Å². The fourth-order valence-corrected chi connectivity index (χ4v) is 3.02. The summed E-state index contributed by atoms with van der Waals surface area (Å²) in [6, 6.07) is 5.36. The summed E-state index contributed by atoms with van der Waals surface area (Å²) in [4.78, 5) is 38.6. The number of amides is 4. The molecule has 0 saturated carbocycles. The second kappa shape index (κ2) is 6.96. The maximum atomic E-state index is 13.5. The van der Waals surface area contributed by atoms with Crippen LogP contribution in [0.25, 0.3) is 0 Å². The lowest BCUT2D eigenvalue weighted by Crippen LogP contribution is -2.55. The third-order valence-corrected chi connectivity index (χ3v) is 4.27. The number of imide groups is 1. The van der Waals surface area contributed by atoms with E-state index in [2.05, 4.69) is 10.6 Å². The molecule has 0 spiro atoms. The van der Waals surface area contributed by atoms with Crippen LogP contribution in [0.5, 0.6) is 0 Å². The highest BCUT2D eigenvalue weighted by atomic mass is 19.1. The molecule has 0 radical (unpaired) electrons. The zero-order chi connectivity index (χ0) is 17.1. The van der Waals surface area contributed by atoms with Crippen LogP contribution in [0.3, 0.4) is 0 Å². The lowest BCUT2D eigenvalue weighted by Gasteiger charge is -2.38. The van der Waals surface area contributed by atoms with Gasteiger partial charge in [0.25, 0.3) is 0 Å². The van der Waals surface area contributed by atoms with Gasteiger partial charge in [-0.05, 0) is 17.7 Å². The monoisotopic (exact) mass is 334 g/mol. The smallest absolute Gasteiger partial charge is 0.324 e. The van der Waals surface area contributed by atoms with Gasteiger partial charge >= 0.3 is 6.03 Å². The lowest BCUT2D eigenvalue weighted by atomic mass is 10.0. The van der Waals surface area contributed by atoms with Gasteiger partial charge in [0, 0.05) is 32.6 Å². The highest BCUT2D eigenvalue weighted by Gasteiger charge is 2.31. The molecule has 0 aromatic heterocycles. The Balaban J connectivity index is 1.72. The van der Waals surface area contributed by atoms with E-state index in [1.54, 1.807) is 17.0 Å².